The number of benzene rings is 3. The molecule has 0 atom stereocenters. The van der Waals surface area contributed by atoms with Crippen molar-refractivity contribution in [3.8, 4) is 11.5 Å². The van der Waals surface area contributed by atoms with Crippen molar-refractivity contribution >= 4 is 94.5 Å². The van der Waals surface area contributed by atoms with Crippen LogP contribution < -0.4 is 10.1 Å². The molecule has 1 aliphatic heterocycles. The number of phenolic OH excluding ortho intramolecular Hbond substituents is 1. The summed E-state index contributed by atoms with van der Waals surface area (Å²) in [6.07, 6.45) is 4.54. The lowest BCUT2D eigenvalue weighted by Gasteiger charge is -2.13. The molecule has 1 saturated heterocycles. The van der Waals surface area contributed by atoms with E-state index in [1.54, 1.807) is 48.5 Å². The molecule has 0 saturated carbocycles. The minimum absolute atomic E-state index is 0.00569. The fourth-order valence-electron chi connectivity index (χ4n) is 3.88. The number of phenols is 1. The number of amidine groups is 1. The zero-order valence-corrected chi connectivity index (χ0v) is 27.9. The Morgan fingerprint density at radius 1 is 1.07 bits per heavy atom. The predicted molar refractivity (Wildman–Crippen MR) is 178 cm³/mol. The molecule has 0 bridgehead atoms. The average molecular weight is 807 g/mol. The molecule has 9 nitrogen and oxygen atoms in total. The molecule has 4 aromatic rings. The van der Waals surface area contributed by atoms with Crippen LogP contribution in [-0.4, -0.2) is 39.8 Å². The van der Waals surface area contributed by atoms with Crippen molar-refractivity contribution in [1.29, 1.82) is 0 Å². The van der Waals surface area contributed by atoms with Gasteiger partial charge in [0.2, 0.25) is 0 Å². The zero-order chi connectivity index (χ0) is 31.2. The SMILES string of the molecule is O=C(COc1ccc(Br)cc1/C=C1\S/C(=N/N=C\c2cc(Br)cc(Br)c2O)N(Cc2ccco2)C1=O)Nc1ccc(F)cc1. The number of aromatic hydroxyl groups is 1. The van der Waals surface area contributed by atoms with E-state index < -0.39 is 11.7 Å². The quantitative estimate of drug-likeness (QED) is 0.101. The molecule has 14 heteroatoms. The number of ether oxygens (including phenoxy) is 1. The number of amides is 2. The van der Waals surface area contributed by atoms with Crippen molar-refractivity contribution in [1.82, 2.24) is 4.90 Å². The summed E-state index contributed by atoms with van der Waals surface area (Å²) >= 11 is 11.2. The molecule has 5 rings (SSSR count). The molecule has 0 spiro atoms. The van der Waals surface area contributed by atoms with E-state index >= 15 is 0 Å². The third-order valence-corrected chi connectivity index (χ3v) is 8.48. The number of halogens is 4. The van der Waals surface area contributed by atoms with Crippen LogP contribution in [0, 0.1) is 5.82 Å². The molecule has 0 aliphatic carbocycles. The van der Waals surface area contributed by atoms with Gasteiger partial charge < -0.3 is 19.6 Å². The van der Waals surface area contributed by atoms with Crippen LogP contribution in [0.3, 0.4) is 0 Å². The molecular formula is C30H20Br3FN4O5S. The molecule has 2 amide bonds. The second kappa shape index (κ2) is 14.4. The predicted octanol–water partition coefficient (Wildman–Crippen LogP) is 7.94. The number of nitrogens with one attached hydrogen (secondary N) is 1. The number of hydrogen-bond acceptors (Lipinski definition) is 8. The summed E-state index contributed by atoms with van der Waals surface area (Å²) in [6, 6.07) is 17.4. The van der Waals surface area contributed by atoms with E-state index in [1.807, 2.05) is 0 Å². The minimum atomic E-state index is -0.440. The van der Waals surface area contributed by atoms with Crippen LogP contribution in [0.4, 0.5) is 10.1 Å². The van der Waals surface area contributed by atoms with Gasteiger partial charge in [-0.3, -0.25) is 14.5 Å². The van der Waals surface area contributed by atoms with Crippen molar-refractivity contribution in [2.45, 2.75) is 6.54 Å². The summed E-state index contributed by atoms with van der Waals surface area (Å²) in [5.74, 6) is -0.290. The Labute approximate surface area is 280 Å². The molecule has 2 N–H and O–H groups in total. The van der Waals surface area contributed by atoms with Gasteiger partial charge in [0.05, 0.1) is 28.4 Å². The molecule has 0 radical (unpaired) electrons. The van der Waals surface area contributed by atoms with E-state index in [1.165, 1.54) is 41.6 Å². The van der Waals surface area contributed by atoms with Crippen LogP contribution in [0.5, 0.6) is 11.5 Å². The summed E-state index contributed by atoms with van der Waals surface area (Å²) in [5, 5.41) is 21.7. The van der Waals surface area contributed by atoms with Gasteiger partial charge in [0.25, 0.3) is 11.8 Å². The lowest BCUT2D eigenvalue weighted by Crippen LogP contribution is -2.28. The monoisotopic (exact) mass is 804 g/mol. The summed E-state index contributed by atoms with van der Waals surface area (Å²) < 4.78 is 26.4. The van der Waals surface area contributed by atoms with E-state index in [0.717, 1.165) is 20.7 Å². The normalized spacial score (nSPS) is 15.1. The van der Waals surface area contributed by atoms with E-state index in [9.17, 15) is 19.1 Å². The number of thioether (sulfide) groups is 1. The Morgan fingerprint density at radius 3 is 2.59 bits per heavy atom. The summed E-state index contributed by atoms with van der Waals surface area (Å²) in [6.45, 7) is -0.204. The zero-order valence-electron chi connectivity index (χ0n) is 22.3. The van der Waals surface area contributed by atoms with Gasteiger partial charge in [-0.2, -0.15) is 5.10 Å². The fraction of sp³-hybridized carbons (Fsp3) is 0.0667. The van der Waals surface area contributed by atoms with Crippen molar-refractivity contribution in [2.75, 3.05) is 11.9 Å². The molecule has 1 aliphatic rings. The molecule has 1 fully saturated rings. The Bertz CT molecular complexity index is 1800. The van der Waals surface area contributed by atoms with Gasteiger partial charge in [0, 0.05) is 25.8 Å². The van der Waals surface area contributed by atoms with Gasteiger partial charge in [0.15, 0.2) is 11.8 Å². The number of carbonyl (C=O) groups excluding carboxylic acids is 2. The van der Waals surface area contributed by atoms with Crippen molar-refractivity contribution in [3.63, 3.8) is 0 Å². The highest BCUT2D eigenvalue weighted by Crippen LogP contribution is 2.36. The smallest absolute Gasteiger partial charge is 0.267 e. The van der Waals surface area contributed by atoms with Crippen molar-refractivity contribution < 1.29 is 28.2 Å². The van der Waals surface area contributed by atoms with Crippen LogP contribution in [-0.2, 0) is 16.1 Å². The van der Waals surface area contributed by atoms with Gasteiger partial charge in [-0.25, -0.2) is 4.39 Å². The topological polar surface area (TPSA) is 117 Å². The Hall–Kier alpha value is -3.72. The maximum atomic E-state index is 13.6. The lowest BCUT2D eigenvalue weighted by molar-refractivity contribution is -0.122. The van der Waals surface area contributed by atoms with Crippen LogP contribution in [0.2, 0.25) is 0 Å². The first-order chi connectivity index (χ1) is 21.2. The highest BCUT2D eigenvalue weighted by atomic mass is 79.9. The van der Waals surface area contributed by atoms with Gasteiger partial charge in [-0.15, -0.1) is 5.10 Å². The first-order valence-electron chi connectivity index (χ1n) is 12.7. The molecule has 0 unspecified atom stereocenters. The highest BCUT2D eigenvalue weighted by Gasteiger charge is 2.34. The number of anilines is 1. The molecule has 2 heterocycles. The molecule has 3 aromatic carbocycles. The van der Waals surface area contributed by atoms with Gasteiger partial charge in [-0.05, 0) is 100 Å². The number of furan rings is 1. The van der Waals surface area contributed by atoms with Gasteiger partial charge >= 0.3 is 0 Å². The van der Waals surface area contributed by atoms with E-state index in [2.05, 4.69) is 63.3 Å². The summed E-state index contributed by atoms with van der Waals surface area (Å²) in [5.41, 5.74) is 1.38. The average Bonchev–Trinajstić information content (AvgIpc) is 3.60. The van der Waals surface area contributed by atoms with Crippen molar-refractivity contribution in [2.24, 2.45) is 10.2 Å². The fourth-order valence-corrected chi connectivity index (χ4v) is 6.45. The molecule has 1 aromatic heterocycles. The number of carbonyl (C=O) groups is 2. The van der Waals surface area contributed by atoms with Gasteiger partial charge in [-0.1, -0.05) is 31.9 Å². The van der Waals surface area contributed by atoms with Crippen LogP contribution in [0.1, 0.15) is 16.9 Å². The third-order valence-electron chi connectivity index (χ3n) is 5.93. The number of rotatable bonds is 9. The Kier molecular flexibility index (Phi) is 10.4. The first kappa shape index (κ1) is 31.7. The Balaban J connectivity index is 1.39. The second-order valence-corrected chi connectivity index (χ2v) is 12.8. The standard InChI is InChI=1S/C30H20Br3FN4O5S/c31-19-3-8-25(43-16-27(39)36-22-6-4-21(34)5-7-22)17(10-19)12-26-29(41)38(15-23-2-1-9-42-23)30(44-26)37-35-14-18-11-20(32)13-24(33)28(18)40/h1-14,40H,15-16H2,(H,36,39)/b26-12-,35-14-,37-30+. The third kappa shape index (κ3) is 8.05. The number of hydrogen-bond donors (Lipinski definition) is 2. The van der Waals surface area contributed by atoms with Crippen LogP contribution in [0.25, 0.3) is 6.08 Å². The Morgan fingerprint density at radius 2 is 1.84 bits per heavy atom. The van der Waals surface area contributed by atoms with Crippen LogP contribution in [0.15, 0.2) is 106 Å². The lowest BCUT2D eigenvalue weighted by atomic mass is 10.2. The van der Waals surface area contributed by atoms with E-state index in [0.29, 0.717) is 42.9 Å². The van der Waals surface area contributed by atoms with E-state index in [4.69, 9.17) is 9.15 Å². The molecular weight excluding hydrogens is 787 g/mol. The largest absolute Gasteiger partial charge is 0.506 e. The van der Waals surface area contributed by atoms with Crippen LogP contribution >= 0.6 is 59.6 Å². The number of nitrogens with zero attached hydrogens (tertiary/aromatic N) is 3. The maximum Gasteiger partial charge on any atom is 0.267 e. The second-order valence-electron chi connectivity index (χ2n) is 9.06. The van der Waals surface area contributed by atoms with Gasteiger partial charge in [0.1, 0.15) is 23.1 Å². The van der Waals surface area contributed by atoms with E-state index in [-0.39, 0.29) is 24.8 Å². The van der Waals surface area contributed by atoms with Crippen molar-refractivity contribution in [3.05, 3.63) is 114 Å². The summed E-state index contributed by atoms with van der Waals surface area (Å²) in [4.78, 5) is 27.8. The first-order valence-corrected chi connectivity index (χ1v) is 15.9. The molecule has 224 valence electrons. The summed E-state index contributed by atoms with van der Waals surface area (Å²) in [7, 11) is 0. The molecule has 44 heavy (non-hydrogen) atoms. The maximum absolute atomic E-state index is 13.6. The minimum Gasteiger partial charge on any atom is -0.506 e. The highest BCUT2D eigenvalue weighted by molar-refractivity contribution is 9.11.